The number of hydrogen-bond donors (Lipinski definition) is 3. The molecule has 0 fully saturated rings. The molecule has 0 unspecified atom stereocenters. The van der Waals surface area contributed by atoms with Gasteiger partial charge in [0, 0.05) is 67.8 Å². The average Bonchev–Trinajstić information content (AvgIpc) is 4.00. The van der Waals surface area contributed by atoms with E-state index in [0.717, 1.165) is 24.3 Å². The van der Waals surface area contributed by atoms with E-state index >= 15 is 0 Å². The molecule has 3 N–H and O–H groups in total. The average molecular weight is 907 g/mol. The summed E-state index contributed by atoms with van der Waals surface area (Å²) in [4.78, 5) is 47.3. The topological polar surface area (TPSA) is 246 Å². The van der Waals surface area contributed by atoms with Gasteiger partial charge in [0.2, 0.25) is 0 Å². The highest BCUT2D eigenvalue weighted by atomic mass is 35.5. The molecule has 0 bridgehead atoms. The molecule has 6 heterocycles. The van der Waals surface area contributed by atoms with Gasteiger partial charge in [-0.25, -0.2) is 28.7 Å². The first-order chi connectivity index (χ1) is 31.5. The predicted molar refractivity (Wildman–Crippen MR) is 240 cm³/mol. The van der Waals surface area contributed by atoms with Gasteiger partial charge in [0.25, 0.3) is 0 Å². The van der Waals surface area contributed by atoms with Crippen LogP contribution < -0.4 is 10.2 Å². The number of pyridine rings is 2. The summed E-state index contributed by atoms with van der Waals surface area (Å²) >= 11 is 6.02. The minimum atomic E-state index is -0.635. The summed E-state index contributed by atoms with van der Waals surface area (Å²) in [5.74, 6) is -0.0753. The van der Waals surface area contributed by atoms with Crippen molar-refractivity contribution in [2.75, 3.05) is 36.5 Å². The first kappa shape index (κ1) is 46.4. The van der Waals surface area contributed by atoms with Crippen molar-refractivity contribution in [3.05, 3.63) is 170 Å². The number of anilines is 3. The summed E-state index contributed by atoms with van der Waals surface area (Å²) in [5.41, 5.74) is 2.51. The van der Waals surface area contributed by atoms with E-state index in [9.17, 15) is 34.1 Å². The highest BCUT2D eigenvalue weighted by molar-refractivity contribution is 6.34. The molecule has 0 saturated carbocycles. The van der Waals surface area contributed by atoms with Crippen LogP contribution in [-0.4, -0.2) is 76.3 Å². The monoisotopic (exact) mass is 906 g/mol. The summed E-state index contributed by atoms with van der Waals surface area (Å²) < 4.78 is 37.3. The third kappa shape index (κ3) is 13.2. The van der Waals surface area contributed by atoms with Crippen LogP contribution in [-0.2, 0) is 0 Å². The lowest BCUT2D eigenvalue weighted by Crippen LogP contribution is -2.21. The molecule has 0 spiro atoms. The molecule has 0 aliphatic rings. The molecule has 2 aromatic carbocycles. The number of nitrogens with one attached hydrogen (secondary N) is 1. The first-order valence-electron chi connectivity index (χ1n) is 19.5. The Labute approximate surface area is 372 Å². The van der Waals surface area contributed by atoms with E-state index in [0.29, 0.717) is 40.6 Å². The maximum absolute atomic E-state index is 13.9. The van der Waals surface area contributed by atoms with Gasteiger partial charge < -0.3 is 29.3 Å². The Kier molecular flexibility index (Phi) is 16.3. The molecule has 65 heavy (non-hydrogen) atoms. The van der Waals surface area contributed by atoms with Gasteiger partial charge in [0.05, 0.1) is 40.7 Å². The van der Waals surface area contributed by atoms with Crippen LogP contribution in [0.5, 0.6) is 0 Å². The lowest BCUT2D eigenvalue weighted by molar-refractivity contribution is -0.402. The molecule has 0 amide bonds. The molecular weight excluding hydrogens is 870 g/mol. The second kappa shape index (κ2) is 22.9. The molecule has 0 aliphatic heterocycles. The number of benzene rings is 2. The first-order valence-corrected chi connectivity index (χ1v) is 19.9. The van der Waals surface area contributed by atoms with Gasteiger partial charge in [-0.2, -0.15) is 0 Å². The van der Waals surface area contributed by atoms with Crippen molar-refractivity contribution in [2.45, 2.75) is 12.8 Å². The minimum Gasteiger partial charge on any atom is -0.401 e. The van der Waals surface area contributed by atoms with Gasteiger partial charge in [0.15, 0.2) is 11.6 Å². The van der Waals surface area contributed by atoms with E-state index in [-0.39, 0.29) is 53.3 Å². The number of furan rings is 2. The zero-order valence-electron chi connectivity index (χ0n) is 33.9. The van der Waals surface area contributed by atoms with Crippen molar-refractivity contribution in [1.82, 2.24) is 29.9 Å². The van der Waals surface area contributed by atoms with Crippen LogP contribution in [0.25, 0.3) is 46.1 Å². The maximum Gasteiger partial charge on any atom is 0.433 e. The van der Waals surface area contributed by atoms with Crippen LogP contribution in [0.4, 0.5) is 37.7 Å². The zero-order valence-corrected chi connectivity index (χ0v) is 34.7. The number of rotatable bonds is 15. The molecule has 0 radical (unpaired) electrons. The van der Waals surface area contributed by atoms with E-state index in [1.807, 2.05) is 23.1 Å². The molecular formula is C44H37ClF2N10O8. The van der Waals surface area contributed by atoms with Gasteiger partial charge >= 0.3 is 11.8 Å². The van der Waals surface area contributed by atoms with Crippen molar-refractivity contribution in [1.29, 1.82) is 0 Å². The SMILES string of the molecule is O=[N+]([O-])c1ccc(/C=C/c2nc(Cl)c3ccc(F)cc3n2)o1.O=[N+]([O-])c1ccc(/C=C/c2nc(N(CCCO)c3cccnc3)c3ccc(F)cc3n2)o1.OCCCNc1cccnc1. The fourth-order valence-corrected chi connectivity index (χ4v) is 6.04. The summed E-state index contributed by atoms with van der Waals surface area (Å²) in [6.45, 7) is 1.45. The largest absolute Gasteiger partial charge is 0.433 e. The van der Waals surface area contributed by atoms with Crippen LogP contribution >= 0.6 is 11.6 Å². The third-order valence-electron chi connectivity index (χ3n) is 8.74. The van der Waals surface area contributed by atoms with Crippen molar-refractivity contribution in [3.8, 4) is 0 Å². The fourth-order valence-electron chi connectivity index (χ4n) is 5.79. The number of hydrogen-bond acceptors (Lipinski definition) is 16. The zero-order chi connectivity index (χ0) is 46.1. The van der Waals surface area contributed by atoms with E-state index < -0.39 is 21.5 Å². The molecule has 6 aromatic heterocycles. The van der Waals surface area contributed by atoms with Gasteiger partial charge in [0.1, 0.15) is 44.0 Å². The maximum atomic E-state index is 13.9. The molecule has 0 saturated heterocycles. The van der Waals surface area contributed by atoms with E-state index in [1.165, 1.54) is 78.9 Å². The molecule has 0 atom stereocenters. The Balaban J connectivity index is 0.000000182. The Morgan fingerprint density at radius 3 is 1.80 bits per heavy atom. The van der Waals surface area contributed by atoms with Gasteiger partial charge in [-0.05, 0) is 97.8 Å². The summed E-state index contributed by atoms with van der Waals surface area (Å²) in [6.07, 6.45) is 14.0. The highest BCUT2D eigenvalue weighted by Crippen LogP contribution is 2.31. The summed E-state index contributed by atoms with van der Waals surface area (Å²) in [6, 6.07) is 21.1. The molecule has 332 valence electrons. The van der Waals surface area contributed by atoms with Crippen LogP contribution in [0.15, 0.2) is 119 Å². The number of aliphatic hydroxyl groups excluding tert-OH is 2. The van der Waals surface area contributed by atoms with Crippen LogP contribution in [0.3, 0.4) is 0 Å². The van der Waals surface area contributed by atoms with Crippen LogP contribution in [0, 0.1) is 31.9 Å². The Hall–Kier alpha value is -8.07. The van der Waals surface area contributed by atoms with Crippen molar-refractivity contribution in [2.24, 2.45) is 0 Å². The number of nitro groups is 2. The van der Waals surface area contributed by atoms with Gasteiger partial charge in [-0.1, -0.05) is 11.6 Å². The van der Waals surface area contributed by atoms with Crippen LogP contribution in [0.1, 0.15) is 36.0 Å². The van der Waals surface area contributed by atoms with Gasteiger partial charge in [-0.3, -0.25) is 30.2 Å². The molecule has 8 aromatic rings. The lowest BCUT2D eigenvalue weighted by Gasteiger charge is -2.24. The molecule has 18 nitrogen and oxygen atoms in total. The van der Waals surface area contributed by atoms with Crippen molar-refractivity contribution < 1.29 is 37.7 Å². The number of aliphatic hydroxyl groups is 2. The standard InChI is InChI=1S/C22H18FN5O4.C14H7ClFN3O3.C8H12N2O/c23-15-4-7-18-19(13-15)25-20(8-5-17-6-9-21(32-17)28(30)31)26-22(18)27(11-2-12-29)16-3-1-10-24-14-16;15-14-10-4-1-8(16)7-11(10)17-12(18-14)5-2-9-3-6-13(22-9)19(20)21;11-6-2-5-10-8-3-1-4-9-7-8/h1,3-10,13-14,29H,2,11-12H2;1-7H;1,3-4,7,10-11H,2,5-6H2/b8-5+;5-2+;. The normalized spacial score (nSPS) is 11.0. The third-order valence-corrected chi connectivity index (χ3v) is 9.03. The quantitative estimate of drug-likeness (QED) is 0.0375. The minimum absolute atomic E-state index is 0.0154. The van der Waals surface area contributed by atoms with E-state index in [1.54, 1.807) is 36.9 Å². The second-order valence-electron chi connectivity index (χ2n) is 13.3. The van der Waals surface area contributed by atoms with Crippen molar-refractivity contribution >= 4 is 86.7 Å². The van der Waals surface area contributed by atoms with Crippen molar-refractivity contribution in [3.63, 3.8) is 0 Å². The van der Waals surface area contributed by atoms with E-state index in [2.05, 4.69) is 35.2 Å². The Bertz CT molecular complexity index is 2920. The summed E-state index contributed by atoms with van der Waals surface area (Å²) in [7, 11) is 0. The molecule has 21 heteroatoms. The fraction of sp³-hybridized carbons (Fsp3) is 0.136. The number of aromatic nitrogens is 6. The highest BCUT2D eigenvalue weighted by Gasteiger charge is 2.18. The van der Waals surface area contributed by atoms with Gasteiger partial charge in [-0.15, -0.1) is 0 Å². The lowest BCUT2D eigenvalue weighted by atomic mass is 10.2. The smallest absolute Gasteiger partial charge is 0.401 e. The summed E-state index contributed by atoms with van der Waals surface area (Å²) in [5, 5.41) is 43.7. The van der Waals surface area contributed by atoms with E-state index in [4.69, 9.17) is 25.5 Å². The Morgan fingerprint density at radius 2 is 1.26 bits per heavy atom. The molecule has 0 aliphatic carbocycles. The Morgan fingerprint density at radius 1 is 0.692 bits per heavy atom. The molecule has 8 rings (SSSR count). The number of halogens is 3. The van der Waals surface area contributed by atoms with Crippen LogP contribution in [0.2, 0.25) is 5.15 Å². The predicted octanol–water partition coefficient (Wildman–Crippen LogP) is 9.33. The number of nitrogens with zero attached hydrogens (tertiary/aromatic N) is 9. The number of fused-ring (bicyclic) bond motifs is 2. The second-order valence-corrected chi connectivity index (χ2v) is 13.7.